The van der Waals surface area contributed by atoms with E-state index < -0.39 is 0 Å². The molecule has 0 fully saturated rings. The number of benzene rings is 2. The highest BCUT2D eigenvalue weighted by atomic mass is 35.5. The summed E-state index contributed by atoms with van der Waals surface area (Å²) in [6.45, 7) is 1.78. The average Bonchev–Trinajstić information content (AvgIpc) is 3.22. The third-order valence-electron chi connectivity index (χ3n) is 4.03. The zero-order valence-corrected chi connectivity index (χ0v) is 17.0. The minimum atomic E-state index is -0.284. The van der Waals surface area contributed by atoms with Gasteiger partial charge in [0.1, 0.15) is 10.7 Å². The number of thioether (sulfide) groups is 1. The Kier molecular flexibility index (Phi) is 4.90. The SMILES string of the molecule is CSc1nc2ccc(NC(=O)c3c(C)nn(-c4ccccc4)c3Cl)cc2s1. The van der Waals surface area contributed by atoms with Gasteiger partial charge in [-0.3, -0.25) is 4.79 Å². The Labute approximate surface area is 169 Å². The van der Waals surface area contributed by atoms with Crippen LogP contribution >= 0.6 is 34.7 Å². The second-order valence-electron chi connectivity index (χ2n) is 5.82. The molecular weight excluding hydrogens is 400 g/mol. The molecule has 0 saturated carbocycles. The van der Waals surface area contributed by atoms with Crippen molar-refractivity contribution in [2.45, 2.75) is 11.3 Å². The smallest absolute Gasteiger partial charge is 0.260 e. The predicted molar refractivity (Wildman–Crippen MR) is 113 cm³/mol. The van der Waals surface area contributed by atoms with Gasteiger partial charge in [-0.25, -0.2) is 9.67 Å². The molecule has 2 heterocycles. The van der Waals surface area contributed by atoms with Gasteiger partial charge in [-0.05, 0) is 43.5 Å². The van der Waals surface area contributed by atoms with Crippen LogP contribution in [0.25, 0.3) is 15.9 Å². The summed E-state index contributed by atoms with van der Waals surface area (Å²) >= 11 is 9.68. The molecule has 0 aliphatic heterocycles. The summed E-state index contributed by atoms with van der Waals surface area (Å²) in [7, 11) is 0. The molecule has 2 aromatic heterocycles. The monoisotopic (exact) mass is 414 g/mol. The van der Waals surface area contributed by atoms with Crippen molar-refractivity contribution < 1.29 is 4.79 Å². The molecule has 0 spiro atoms. The molecule has 0 aliphatic carbocycles. The molecule has 27 heavy (non-hydrogen) atoms. The largest absolute Gasteiger partial charge is 0.322 e. The van der Waals surface area contributed by atoms with Crippen molar-refractivity contribution >= 4 is 56.5 Å². The first-order chi connectivity index (χ1) is 13.1. The van der Waals surface area contributed by atoms with Crippen molar-refractivity contribution in [1.82, 2.24) is 14.8 Å². The summed E-state index contributed by atoms with van der Waals surface area (Å²) in [4.78, 5) is 17.3. The number of carbonyl (C=O) groups is 1. The molecular formula is C19H15ClN4OS2. The Morgan fingerprint density at radius 3 is 2.74 bits per heavy atom. The second kappa shape index (κ2) is 7.34. The number of para-hydroxylation sites is 1. The van der Waals surface area contributed by atoms with Gasteiger partial charge in [0.15, 0.2) is 4.34 Å². The van der Waals surface area contributed by atoms with Gasteiger partial charge in [-0.1, -0.05) is 41.6 Å². The summed E-state index contributed by atoms with van der Waals surface area (Å²) < 4.78 is 3.60. The Morgan fingerprint density at radius 2 is 2.00 bits per heavy atom. The second-order valence-corrected chi connectivity index (χ2v) is 8.26. The molecule has 0 unspecified atom stereocenters. The lowest BCUT2D eigenvalue weighted by atomic mass is 10.2. The predicted octanol–water partition coefficient (Wildman–Crippen LogP) is 5.42. The molecule has 8 heteroatoms. The van der Waals surface area contributed by atoms with Crippen molar-refractivity contribution in [2.75, 3.05) is 11.6 Å². The van der Waals surface area contributed by atoms with Gasteiger partial charge in [-0.15, -0.1) is 11.3 Å². The Hall–Kier alpha value is -2.35. The Morgan fingerprint density at radius 1 is 1.22 bits per heavy atom. The lowest BCUT2D eigenvalue weighted by molar-refractivity contribution is 0.102. The van der Waals surface area contributed by atoms with Crippen molar-refractivity contribution in [3.8, 4) is 5.69 Å². The quantitative estimate of drug-likeness (QED) is 0.453. The Bertz CT molecular complexity index is 1140. The number of halogens is 1. The van der Waals surface area contributed by atoms with Crippen LogP contribution in [0.4, 0.5) is 5.69 Å². The first-order valence-corrected chi connectivity index (χ1v) is 10.5. The number of fused-ring (bicyclic) bond motifs is 1. The van der Waals surface area contributed by atoms with Crippen molar-refractivity contribution in [3.63, 3.8) is 0 Å². The van der Waals surface area contributed by atoms with E-state index in [1.807, 2.05) is 54.8 Å². The van der Waals surface area contributed by atoms with Crippen LogP contribution in [0.5, 0.6) is 0 Å². The van der Waals surface area contributed by atoms with Gasteiger partial charge in [0.05, 0.1) is 21.6 Å². The molecule has 2 aromatic carbocycles. The highest BCUT2D eigenvalue weighted by Gasteiger charge is 2.21. The molecule has 5 nitrogen and oxygen atoms in total. The van der Waals surface area contributed by atoms with E-state index in [1.54, 1.807) is 34.7 Å². The van der Waals surface area contributed by atoms with Crippen LogP contribution in [0.3, 0.4) is 0 Å². The van der Waals surface area contributed by atoms with Crippen molar-refractivity contribution in [2.24, 2.45) is 0 Å². The molecule has 136 valence electrons. The van der Waals surface area contributed by atoms with Crippen LogP contribution in [-0.4, -0.2) is 26.9 Å². The maximum Gasteiger partial charge on any atom is 0.260 e. The molecule has 4 aromatic rings. The highest BCUT2D eigenvalue weighted by molar-refractivity contribution is 8.00. The standard InChI is InChI=1S/C19H15ClN4OS2/c1-11-16(17(20)24(23-11)13-6-4-3-5-7-13)18(25)21-12-8-9-14-15(10-12)27-19(22-14)26-2/h3-10H,1-2H3,(H,21,25). The molecule has 1 N–H and O–H groups in total. The topological polar surface area (TPSA) is 59.8 Å². The minimum absolute atomic E-state index is 0.284. The fourth-order valence-electron chi connectivity index (χ4n) is 2.76. The number of rotatable bonds is 4. The van der Waals surface area contributed by atoms with E-state index >= 15 is 0 Å². The lowest BCUT2D eigenvalue weighted by Crippen LogP contribution is -2.13. The maximum atomic E-state index is 12.8. The average molecular weight is 415 g/mol. The van der Waals surface area contributed by atoms with E-state index in [0.717, 1.165) is 20.2 Å². The zero-order chi connectivity index (χ0) is 19.0. The van der Waals surface area contributed by atoms with Gasteiger partial charge in [0.2, 0.25) is 0 Å². The van der Waals surface area contributed by atoms with Crippen LogP contribution in [0.1, 0.15) is 16.1 Å². The molecule has 0 radical (unpaired) electrons. The normalized spacial score (nSPS) is 11.1. The number of anilines is 1. The summed E-state index contributed by atoms with van der Waals surface area (Å²) in [5.41, 5.74) is 3.38. The summed E-state index contributed by atoms with van der Waals surface area (Å²) in [5.74, 6) is -0.284. The molecule has 4 rings (SSSR count). The zero-order valence-electron chi connectivity index (χ0n) is 14.6. The van der Waals surface area contributed by atoms with Crippen molar-refractivity contribution in [1.29, 1.82) is 0 Å². The molecule has 0 aliphatic rings. The van der Waals surface area contributed by atoms with Gasteiger partial charge in [-0.2, -0.15) is 5.10 Å². The first-order valence-electron chi connectivity index (χ1n) is 8.13. The molecule has 0 bridgehead atoms. The molecule has 1 amide bonds. The number of hydrogen-bond donors (Lipinski definition) is 1. The molecule has 0 atom stereocenters. The number of aryl methyl sites for hydroxylation is 1. The minimum Gasteiger partial charge on any atom is -0.322 e. The van der Waals surface area contributed by atoms with E-state index in [0.29, 0.717) is 22.1 Å². The van der Waals surface area contributed by atoms with Crippen LogP contribution in [-0.2, 0) is 0 Å². The number of aromatic nitrogens is 3. The summed E-state index contributed by atoms with van der Waals surface area (Å²) in [5, 5.41) is 7.63. The third kappa shape index (κ3) is 3.45. The maximum absolute atomic E-state index is 12.8. The number of nitrogens with one attached hydrogen (secondary N) is 1. The van der Waals surface area contributed by atoms with Crippen LogP contribution < -0.4 is 5.32 Å². The lowest BCUT2D eigenvalue weighted by Gasteiger charge is -2.06. The fourth-order valence-corrected chi connectivity index (χ4v) is 4.65. The number of carbonyl (C=O) groups excluding carboxylic acids is 1. The van der Waals surface area contributed by atoms with E-state index in [2.05, 4.69) is 15.4 Å². The number of nitrogens with zero attached hydrogens (tertiary/aromatic N) is 3. The van der Waals surface area contributed by atoms with Crippen LogP contribution in [0.15, 0.2) is 52.9 Å². The summed E-state index contributed by atoms with van der Waals surface area (Å²) in [6, 6.07) is 15.2. The van der Waals surface area contributed by atoms with E-state index in [9.17, 15) is 4.79 Å². The van der Waals surface area contributed by atoms with Gasteiger partial charge in [0, 0.05) is 5.69 Å². The van der Waals surface area contributed by atoms with E-state index in [1.165, 1.54) is 0 Å². The summed E-state index contributed by atoms with van der Waals surface area (Å²) in [6.07, 6.45) is 2.00. The highest BCUT2D eigenvalue weighted by Crippen LogP contribution is 2.30. The van der Waals surface area contributed by atoms with E-state index in [-0.39, 0.29) is 5.91 Å². The number of amides is 1. The third-order valence-corrected chi connectivity index (χ3v) is 6.39. The van der Waals surface area contributed by atoms with Gasteiger partial charge < -0.3 is 5.32 Å². The van der Waals surface area contributed by atoms with Crippen LogP contribution in [0, 0.1) is 6.92 Å². The van der Waals surface area contributed by atoms with E-state index in [4.69, 9.17) is 11.6 Å². The number of hydrogen-bond acceptors (Lipinski definition) is 5. The van der Waals surface area contributed by atoms with Gasteiger partial charge in [0.25, 0.3) is 5.91 Å². The van der Waals surface area contributed by atoms with Crippen molar-refractivity contribution in [3.05, 3.63) is 64.9 Å². The molecule has 0 saturated heterocycles. The van der Waals surface area contributed by atoms with Gasteiger partial charge >= 0.3 is 0 Å². The Balaban J connectivity index is 1.64. The van der Waals surface area contributed by atoms with Crippen LogP contribution in [0.2, 0.25) is 5.15 Å². The first kappa shape index (κ1) is 18.0. The fraction of sp³-hybridized carbons (Fsp3) is 0.105. The number of thiazole rings is 1.